The number of anilines is 1. The summed E-state index contributed by atoms with van der Waals surface area (Å²) in [7, 11) is 3.11. The van der Waals surface area contributed by atoms with Crippen LogP contribution in [0, 0.1) is 0 Å². The molecule has 0 spiro atoms. The SMILES string of the molecule is COc1cccc(-n2ccn3c(SCC(=O)Nc4ccccc4OC)nnc3c2=O)c1. The summed E-state index contributed by atoms with van der Waals surface area (Å²) in [4.78, 5) is 25.2. The van der Waals surface area contributed by atoms with Crippen LogP contribution >= 0.6 is 11.8 Å². The molecule has 2 aromatic carbocycles. The fourth-order valence-corrected chi connectivity index (χ4v) is 3.71. The predicted octanol–water partition coefficient (Wildman–Crippen LogP) is 2.63. The second kappa shape index (κ2) is 8.92. The van der Waals surface area contributed by atoms with Gasteiger partial charge < -0.3 is 14.8 Å². The monoisotopic (exact) mass is 437 g/mol. The average Bonchev–Trinajstić information content (AvgIpc) is 3.22. The number of nitrogens with zero attached hydrogens (tertiary/aromatic N) is 4. The predicted molar refractivity (Wildman–Crippen MR) is 117 cm³/mol. The van der Waals surface area contributed by atoms with Gasteiger partial charge in [0.1, 0.15) is 11.5 Å². The fourth-order valence-electron chi connectivity index (χ4n) is 2.99. The van der Waals surface area contributed by atoms with Crippen molar-refractivity contribution in [1.82, 2.24) is 19.2 Å². The summed E-state index contributed by atoms with van der Waals surface area (Å²) < 4.78 is 13.5. The van der Waals surface area contributed by atoms with E-state index < -0.39 is 0 Å². The van der Waals surface area contributed by atoms with Crippen LogP contribution in [-0.2, 0) is 4.79 Å². The van der Waals surface area contributed by atoms with E-state index >= 15 is 0 Å². The number of thioether (sulfide) groups is 1. The Bertz CT molecular complexity index is 1300. The third-order valence-corrected chi connectivity index (χ3v) is 5.43. The molecule has 0 unspecified atom stereocenters. The molecule has 1 amide bonds. The van der Waals surface area contributed by atoms with Crippen molar-refractivity contribution in [1.29, 1.82) is 0 Å². The lowest BCUT2D eigenvalue weighted by Gasteiger charge is -2.09. The topological polar surface area (TPSA) is 99.8 Å². The largest absolute Gasteiger partial charge is 0.497 e. The average molecular weight is 437 g/mol. The van der Waals surface area contributed by atoms with Crippen LogP contribution in [0.3, 0.4) is 0 Å². The van der Waals surface area contributed by atoms with Crippen molar-refractivity contribution in [3.8, 4) is 17.2 Å². The first-order valence-electron chi connectivity index (χ1n) is 9.27. The Morgan fingerprint density at radius 3 is 2.71 bits per heavy atom. The summed E-state index contributed by atoms with van der Waals surface area (Å²) in [5.41, 5.74) is 1.08. The van der Waals surface area contributed by atoms with Gasteiger partial charge in [0.05, 0.1) is 31.3 Å². The molecule has 0 atom stereocenters. The first kappa shape index (κ1) is 20.5. The minimum Gasteiger partial charge on any atom is -0.497 e. The van der Waals surface area contributed by atoms with Gasteiger partial charge in [-0.1, -0.05) is 30.0 Å². The summed E-state index contributed by atoms with van der Waals surface area (Å²) in [6, 6.07) is 14.3. The molecule has 1 N–H and O–H groups in total. The van der Waals surface area contributed by atoms with Gasteiger partial charge in [-0.15, -0.1) is 10.2 Å². The molecule has 0 radical (unpaired) electrons. The lowest BCUT2D eigenvalue weighted by atomic mass is 10.3. The Kier molecular flexibility index (Phi) is 5.89. The molecule has 0 fully saturated rings. The van der Waals surface area contributed by atoms with Crippen LogP contribution in [0.25, 0.3) is 11.3 Å². The highest BCUT2D eigenvalue weighted by Crippen LogP contribution is 2.24. The van der Waals surface area contributed by atoms with E-state index in [9.17, 15) is 9.59 Å². The molecule has 0 aliphatic carbocycles. The Labute approximate surface area is 181 Å². The molecular weight excluding hydrogens is 418 g/mol. The number of para-hydroxylation sites is 2. The van der Waals surface area contributed by atoms with Gasteiger partial charge in [0, 0.05) is 18.5 Å². The second-order valence-corrected chi connectivity index (χ2v) is 7.33. The van der Waals surface area contributed by atoms with Crippen molar-refractivity contribution in [2.75, 3.05) is 25.3 Å². The number of hydrogen-bond acceptors (Lipinski definition) is 7. The summed E-state index contributed by atoms with van der Waals surface area (Å²) in [6.07, 6.45) is 3.32. The molecule has 4 aromatic rings. The lowest BCUT2D eigenvalue weighted by Crippen LogP contribution is -2.20. The van der Waals surface area contributed by atoms with Crippen molar-refractivity contribution >= 4 is 29.0 Å². The number of rotatable bonds is 7. The van der Waals surface area contributed by atoms with E-state index in [1.54, 1.807) is 67.4 Å². The first-order chi connectivity index (χ1) is 15.1. The zero-order chi connectivity index (χ0) is 21.8. The van der Waals surface area contributed by atoms with Crippen LogP contribution in [0.5, 0.6) is 11.5 Å². The molecule has 0 aliphatic heterocycles. The van der Waals surface area contributed by atoms with Gasteiger partial charge in [0.2, 0.25) is 11.6 Å². The van der Waals surface area contributed by atoms with Crippen LogP contribution in [0.2, 0.25) is 0 Å². The van der Waals surface area contributed by atoms with E-state index in [1.807, 2.05) is 12.1 Å². The van der Waals surface area contributed by atoms with Crippen LogP contribution < -0.4 is 20.3 Å². The third-order valence-electron chi connectivity index (χ3n) is 4.48. The molecule has 4 rings (SSSR count). The number of methoxy groups -OCH3 is 2. The zero-order valence-corrected chi connectivity index (χ0v) is 17.6. The summed E-state index contributed by atoms with van der Waals surface area (Å²) in [5.74, 6) is 1.09. The standard InChI is InChI=1S/C21H19N5O4S/c1-29-15-7-5-6-14(12-15)25-10-11-26-19(20(25)28)23-24-21(26)31-13-18(27)22-16-8-3-4-9-17(16)30-2/h3-12H,13H2,1-2H3,(H,22,27). The smallest absolute Gasteiger partial charge is 0.300 e. The molecule has 0 aliphatic rings. The number of carbonyl (C=O) groups is 1. The molecule has 0 bridgehead atoms. The van der Waals surface area contributed by atoms with E-state index in [4.69, 9.17) is 9.47 Å². The van der Waals surface area contributed by atoms with Gasteiger partial charge >= 0.3 is 5.56 Å². The maximum absolute atomic E-state index is 12.9. The molecule has 10 heteroatoms. The van der Waals surface area contributed by atoms with Crippen molar-refractivity contribution in [2.24, 2.45) is 0 Å². The number of carbonyl (C=O) groups excluding carboxylic acids is 1. The molecule has 158 valence electrons. The molecule has 9 nitrogen and oxygen atoms in total. The summed E-state index contributed by atoms with van der Waals surface area (Å²) in [5, 5.41) is 11.3. The number of hydrogen-bond donors (Lipinski definition) is 1. The van der Waals surface area contributed by atoms with Gasteiger partial charge in [0.25, 0.3) is 0 Å². The highest BCUT2D eigenvalue weighted by Gasteiger charge is 2.14. The van der Waals surface area contributed by atoms with Crippen LogP contribution in [0.1, 0.15) is 0 Å². The van der Waals surface area contributed by atoms with E-state index in [1.165, 1.54) is 16.3 Å². The minimum absolute atomic E-state index is 0.0951. The van der Waals surface area contributed by atoms with Crippen molar-refractivity contribution in [2.45, 2.75) is 5.16 Å². The number of amides is 1. The molecule has 2 aromatic heterocycles. The Morgan fingerprint density at radius 2 is 1.90 bits per heavy atom. The zero-order valence-electron chi connectivity index (χ0n) is 16.8. The van der Waals surface area contributed by atoms with E-state index in [0.29, 0.717) is 28.0 Å². The highest BCUT2D eigenvalue weighted by atomic mass is 32.2. The fraction of sp³-hybridized carbons (Fsp3) is 0.143. The van der Waals surface area contributed by atoms with Gasteiger partial charge in [0.15, 0.2) is 5.16 Å². The Hall–Kier alpha value is -3.79. The normalized spacial score (nSPS) is 10.8. The Balaban J connectivity index is 1.52. The van der Waals surface area contributed by atoms with Crippen molar-refractivity contribution < 1.29 is 14.3 Å². The van der Waals surface area contributed by atoms with E-state index in [2.05, 4.69) is 15.5 Å². The molecule has 0 saturated carbocycles. The number of ether oxygens (including phenoxy) is 2. The van der Waals surface area contributed by atoms with Gasteiger partial charge in [-0.25, -0.2) is 0 Å². The molecule has 31 heavy (non-hydrogen) atoms. The van der Waals surface area contributed by atoms with Crippen LogP contribution in [-0.4, -0.2) is 45.0 Å². The van der Waals surface area contributed by atoms with E-state index in [0.717, 1.165) is 0 Å². The highest BCUT2D eigenvalue weighted by molar-refractivity contribution is 7.99. The Morgan fingerprint density at radius 1 is 1.06 bits per heavy atom. The first-order valence-corrected chi connectivity index (χ1v) is 10.3. The van der Waals surface area contributed by atoms with Gasteiger partial charge in [-0.05, 0) is 24.3 Å². The molecule has 0 saturated heterocycles. The molecular formula is C21H19N5O4S. The second-order valence-electron chi connectivity index (χ2n) is 6.39. The summed E-state index contributed by atoms with van der Waals surface area (Å²) >= 11 is 1.18. The lowest BCUT2D eigenvalue weighted by molar-refractivity contribution is -0.113. The number of nitrogens with one attached hydrogen (secondary N) is 1. The number of aromatic nitrogens is 4. The number of benzene rings is 2. The van der Waals surface area contributed by atoms with Crippen molar-refractivity contribution in [3.63, 3.8) is 0 Å². The third kappa shape index (κ3) is 4.24. The van der Waals surface area contributed by atoms with Crippen LogP contribution in [0.4, 0.5) is 5.69 Å². The number of fused-ring (bicyclic) bond motifs is 1. The van der Waals surface area contributed by atoms with Crippen molar-refractivity contribution in [3.05, 3.63) is 71.3 Å². The molecule has 2 heterocycles. The quantitative estimate of drug-likeness (QED) is 0.444. The van der Waals surface area contributed by atoms with Gasteiger partial charge in [-0.2, -0.15) is 0 Å². The van der Waals surface area contributed by atoms with E-state index in [-0.39, 0.29) is 22.9 Å². The minimum atomic E-state index is -0.325. The van der Waals surface area contributed by atoms with Crippen LogP contribution in [0.15, 0.2) is 70.9 Å². The maximum Gasteiger partial charge on any atom is 0.300 e. The summed E-state index contributed by atoms with van der Waals surface area (Å²) in [6.45, 7) is 0. The maximum atomic E-state index is 12.9. The van der Waals surface area contributed by atoms with Gasteiger partial charge in [-0.3, -0.25) is 18.6 Å².